The zero-order valence-electron chi connectivity index (χ0n) is 15.7. The van der Waals surface area contributed by atoms with Crippen molar-refractivity contribution in [3.8, 4) is 5.88 Å². The Morgan fingerprint density at radius 2 is 2.18 bits per heavy atom. The number of rotatable bonds is 6. The molecule has 150 valence electrons. The number of sulfonamides is 1. The van der Waals surface area contributed by atoms with E-state index in [0.29, 0.717) is 36.5 Å². The van der Waals surface area contributed by atoms with Crippen LogP contribution in [0.2, 0.25) is 0 Å². The normalized spacial score (nSPS) is 17.5. The van der Waals surface area contributed by atoms with Crippen LogP contribution in [0.1, 0.15) is 25.3 Å². The molecular formula is C19H22BrN3O4S. The van der Waals surface area contributed by atoms with Crippen molar-refractivity contribution in [2.24, 2.45) is 0 Å². The zero-order valence-corrected chi connectivity index (χ0v) is 18.1. The SMILES string of the molecule is CCC(=O)Nc1ccc(S(=O)(=O)N2CCC(Oc3ncccc3Br)C2)c(C)c1. The highest BCUT2D eigenvalue weighted by Gasteiger charge is 2.34. The second-order valence-corrected chi connectivity index (χ2v) is 9.32. The molecule has 1 aromatic heterocycles. The van der Waals surface area contributed by atoms with Gasteiger partial charge in [0.1, 0.15) is 6.10 Å². The molecule has 1 aliphatic heterocycles. The Morgan fingerprint density at radius 3 is 2.86 bits per heavy atom. The third-order valence-corrected chi connectivity index (χ3v) is 7.14. The number of anilines is 1. The molecule has 0 saturated carbocycles. The van der Waals surface area contributed by atoms with Gasteiger partial charge in [0.25, 0.3) is 0 Å². The van der Waals surface area contributed by atoms with Crippen molar-refractivity contribution < 1.29 is 17.9 Å². The fraction of sp³-hybridized carbons (Fsp3) is 0.368. The molecule has 1 fully saturated rings. The third kappa shape index (κ3) is 4.53. The predicted molar refractivity (Wildman–Crippen MR) is 110 cm³/mol. The molecule has 9 heteroatoms. The molecule has 1 unspecified atom stereocenters. The molecule has 1 aliphatic rings. The summed E-state index contributed by atoms with van der Waals surface area (Å²) in [4.78, 5) is 15.9. The van der Waals surface area contributed by atoms with E-state index in [1.807, 2.05) is 6.07 Å². The third-order valence-electron chi connectivity index (χ3n) is 4.51. The van der Waals surface area contributed by atoms with Gasteiger partial charge in [0.2, 0.25) is 21.8 Å². The molecule has 1 saturated heterocycles. The van der Waals surface area contributed by atoms with E-state index >= 15 is 0 Å². The van der Waals surface area contributed by atoms with Gasteiger partial charge < -0.3 is 10.1 Å². The maximum absolute atomic E-state index is 13.1. The fourth-order valence-electron chi connectivity index (χ4n) is 3.03. The van der Waals surface area contributed by atoms with E-state index in [1.165, 1.54) is 4.31 Å². The first-order chi connectivity index (χ1) is 13.3. The van der Waals surface area contributed by atoms with Crippen LogP contribution >= 0.6 is 15.9 Å². The molecule has 1 amide bonds. The van der Waals surface area contributed by atoms with Gasteiger partial charge in [-0.25, -0.2) is 13.4 Å². The summed E-state index contributed by atoms with van der Waals surface area (Å²) in [5.41, 5.74) is 1.18. The van der Waals surface area contributed by atoms with Crippen LogP contribution in [0.5, 0.6) is 5.88 Å². The van der Waals surface area contributed by atoms with Gasteiger partial charge >= 0.3 is 0 Å². The zero-order chi connectivity index (χ0) is 20.3. The molecule has 0 radical (unpaired) electrons. The monoisotopic (exact) mass is 467 g/mol. The molecule has 3 rings (SSSR count). The van der Waals surface area contributed by atoms with Crippen LogP contribution in [-0.2, 0) is 14.8 Å². The van der Waals surface area contributed by atoms with Gasteiger partial charge in [-0.05, 0) is 65.2 Å². The van der Waals surface area contributed by atoms with Gasteiger partial charge in [-0.15, -0.1) is 0 Å². The number of ether oxygens (including phenoxy) is 1. The van der Waals surface area contributed by atoms with Crippen LogP contribution < -0.4 is 10.1 Å². The summed E-state index contributed by atoms with van der Waals surface area (Å²) in [5, 5.41) is 2.74. The summed E-state index contributed by atoms with van der Waals surface area (Å²) in [5.74, 6) is 0.342. The number of carbonyl (C=O) groups is 1. The molecule has 7 nitrogen and oxygen atoms in total. The average Bonchev–Trinajstić information content (AvgIpc) is 3.13. The Balaban J connectivity index is 1.73. The number of aryl methyl sites for hydroxylation is 1. The summed E-state index contributed by atoms with van der Waals surface area (Å²) >= 11 is 3.38. The first-order valence-corrected chi connectivity index (χ1v) is 11.2. The first kappa shape index (κ1) is 20.8. The highest BCUT2D eigenvalue weighted by atomic mass is 79.9. The quantitative estimate of drug-likeness (QED) is 0.703. The van der Waals surface area contributed by atoms with Crippen molar-refractivity contribution in [1.82, 2.24) is 9.29 Å². The number of nitrogens with one attached hydrogen (secondary N) is 1. The average molecular weight is 468 g/mol. The Labute approximate surface area is 173 Å². The van der Waals surface area contributed by atoms with Crippen LogP contribution in [0.4, 0.5) is 5.69 Å². The lowest BCUT2D eigenvalue weighted by atomic mass is 10.2. The molecule has 2 aromatic rings. The number of pyridine rings is 1. The van der Waals surface area contributed by atoms with E-state index in [9.17, 15) is 13.2 Å². The highest BCUT2D eigenvalue weighted by molar-refractivity contribution is 9.10. The summed E-state index contributed by atoms with van der Waals surface area (Å²) in [6.07, 6.45) is 2.32. The van der Waals surface area contributed by atoms with E-state index < -0.39 is 10.0 Å². The van der Waals surface area contributed by atoms with E-state index in [2.05, 4.69) is 26.2 Å². The molecule has 2 heterocycles. The summed E-state index contributed by atoms with van der Waals surface area (Å²) in [7, 11) is -3.65. The van der Waals surface area contributed by atoms with Crippen molar-refractivity contribution in [1.29, 1.82) is 0 Å². The Bertz CT molecular complexity index is 981. The number of nitrogens with zero attached hydrogens (tertiary/aromatic N) is 2. The van der Waals surface area contributed by atoms with Crippen molar-refractivity contribution in [3.63, 3.8) is 0 Å². The minimum absolute atomic E-state index is 0.116. The maximum Gasteiger partial charge on any atom is 0.243 e. The van der Waals surface area contributed by atoms with Crippen LogP contribution in [0.3, 0.4) is 0 Å². The lowest BCUT2D eigenvalue weighted by Gasteiger charge is -2.19. The van der Waals surface area contributed by atoms with E-state index in [4.69, 9.17) is 4.74 Å². The second kappa shape index (κ2) is 8.59. The molecule has 1 atom stereocenters. The fourth-order valence-corrected chi connectivity index (χ4v) is 5.07. The molecule has 1 N–H and O–H groups in total. The molecule has 0 aliphatic carbocycles. The Kier molecular flexibility index (Phi) is 6.36. The van der Waals surface area contributed by atoms with Crippen LogP contribution in [-0.4, -0.2) is 42.8 Å². The first-order valence-electron chi connectivity index (χ1n) is 8.99. The minimum Gasteiger partial charge on any atom is -0.472 e. The molecule has 0 bridgehead atoms. The van der Waals surface area contributed by atoms with Crippen LogP contribution in [0.25, 0.3) is 0 Å². The molecule has 28 heavy (non-hydrogen) atoms. The molecule has 0 spiro atoms. The van der Waals surface area contributed by atoms with Crippen molar-refractivity contribution >= 4 is 37.5 Å². The Morgan fingerprint density at radius 1 is 1.39 bits per heavy atom. The van der Waals surface area contributed by atoms with Gasteiger partial charge in [-0.2, -0.15) is 4.31 Å². The van der Waals surface area contributed by atoms with Crippen LogP contribution in [0.15, 0.2) is 45.9 Å². The van der Waals surface area contributed by atoms with Gasteiger partial charge in [-0.1, -0.05) is 6.92 Å². The van der Waals surface area contributed by atoms with E-state index in [-0.39, 0.29) is 23.5 Å². The van der Waals surface area contributed by atoms with E-state index in [1.54, 1.807) is 44.3 Å². The number of benzene rings is 1. The minimum atomic E-state index is -3.65. The predicted octanol–water partition coefficient (Wildman–Crippen LogP) is 3.34. The second-order valence-electron chi connectivity index (χ2n) is 6.56. The number of hydrogen-bond donors (Lipinski definition) is 1. The topological polar surface area (TPSA) is 88.6 Å². The maximum atomic E-state index is 13.1. The van der Waals surface area contributed by atoms with Gasteiger partial charge in [0.15, 0.2) is 0 Å². The van der Waals surface area contributed by atoms with Crippen molar-refractivity contribution in [2.45, 2.75) is 37.7 Å². The largest absolute Gasteiger partial charge is 0.472 e. The van der Waals surface area contributed by atoms with Crippen LogP contribution in [0, 0.1) is 6.92 Å². The van der Waals surface area contributed by atoms with Crippen molar-refractivity contribution in [3.05, 3.63) is 46.6 Å². The van der Waals surface area contributed by atoms with Gasteiger partial charge in [0, 0.05) is 24.8 Å². The number of hydrogen-bond acceptors (Lipinski definition) is 5. The lowest BCUT2D eigenvalue weighted by Crippen LogP contribution is -2.31. The highest BCUT2D eigenvalue weighted by Crippen LogP contribution is 2.29. The number of amides is 1. The number of aromatic nitrogens is 1. The molecule has 1 aromatic carbocycles. The number of carbonyl (C=O) groups excluding carboxylic acids is 1. The summed E-state index contributed by atoms with van der Waals surface area (Å²) in [6, 6.07) is 8.45. The summed E-state index contributed by atoms with van der Waals surface area (Å²) in [6.45, 7) is 4.13. The van der Waals surface area contributed by atoms with Gasteiger partial charge in [0.05, 0.1) is 15.9 Å². The van der Waals surface area contributed by atoms with Gasteiger partial charge in [-0.3, -0.25) is 4.79 Å². The summed E-state index contributed by atoms with van der Waals surface area (Å²) < 4.78 is 34.2. The van der Waals surface area contributed by atoms with Crippen molar-refractivity contribution in [2.75, 3.05) is 18.4 Å². The number of halogens is 1. The standard InChI is InChI=1S/C19H22BrN3O4S/c1-3-18(24)22-14-6-7-17(13(2)11-14)28(25,26)23-10-8-15(12-23)27-19-16(20)5-4-9-21-19/h4-7,9,11,15H,3,8,10,12H2,1-2H3,(H,22,24). The smallest absolute Gasteiger partial charge is 0.243 e. The molecular weight excluding hydrogens is 446 g/mol. The Hall–Kier alpha value is -1.97. The van der Waals surface area contributed by atoms with E-state index in [0.717, 1.165) is 4.47 Å². The lowest BCUT2D eigenvalue weighted by molar-refractivity contribution is -0.115.